The summed E-state index contributed by atoms with van der Waals surface area (Å²) in [6, 6.07) is 13.3. The van der Waals surface area contributed by atoms with Gasteiger partial charge in [-0.15, -0.1) is 0 Å². The molecule has 0 aliphatic carbocycles. The van der Waals surface area contributed by atoms with Crippen LogP contribution in [0.2, 0.25) is 0 Å². The average Bonchev–Trinajstić information content (AvgIpc) is 2.50. The second kappa shape index (κ2) is 7.26. The van der Waals surface area contributed by atoms with Crippen LogP contribution in [0.1, 0.15) is 17.3 Å². The third-order valence-corrected chi connectivity index (χ3v) is 3.61. The molecule has 0 spiro atoms. The summed E-state index contributed by atoms with van der Waals surface area (Å²) in [5.74, 6) is -0.695. The van der Waals surface area contributed by atoms with Crippen molar-refractivity contribution in [3.8, 4) is 5.75 Å². The maximum Gasteiger partial charge on any atom is 0.335 e. The first-order valence-corrected chi connectivity index (χ1v) is 7.60. The fourth-order valence-corrected chi connectivity index (χ4v) is 2.07. The Balaban J connectivity index is 1.95. The molecule has 0 aliphatic rings. The quantitative estimate of drug-likeness (QED) is 0.740. The van der Waals surface area contributed by atoms with Gasteiger partial charge >= 0.3 is 5.97 Å². The number of anilines is 1. The van der Waals surface area contributed by atoms with Crippen LogP contribution in [-0.2, 0) is 4.79 Å². The lowest BCUT2D eigenvalue weighted by Crippen LogP contribution is -2.30. The van der Waals surface area contributed by atoms with E-state index in [1.165, 1.54) is 12.1 Å². The summed E-state index contributed by atoms with van der Waals surface area (Å²) in [6.45, 7) is 1.65. The summed E-state index contributed by atoms with van der Waals surface area (Å²) in [6.07, 6.45) is -0.667. The molecule has 0 aromatic heterocycles. The van der Waals surface area contributed by atoms with Crippen LogP contribution in [0.5, 0.6) is 5.75 Å². The van der Waals surface area contributed by atoms with Crippen LogP contribution in [0.3, 0.4) is 0 Å². The van der Waals surface area contributed by atoms with E-state index in [1.54, 1.807) is 31.2 Å². The van der Waals surface area contributed by atoms with E-state index in [-0.39, 0.29) is 11.5 Å². The predicted octanol–water partition coefficient (Wildman–Crippen LogP) is 3.40. The van der Waals surface area contributed by atoms with E-state index in [4.69, 9.17) is 9.84 Å². The molecule has 1 amide bonds. The van der Waals surface area contributed by atoms with E-state index < -0.39 is 12.1 Å². The minimum atomic E-state index is -1.01. The van der Waals surface area contributed by atoms with Crippen LogP contribution >= 0.6 is 22.6 Å². The zero-order valence-electron chi connectivity index (χ0n) is 11.7. The standard InChI is InChI=1S/C16H14INO4/c1-10(22-14-8-4-12(17)5-9-14)15(19)18-13-6-2-11(3-7-13)16(20)21/h2-10H,1H3,(H,18,19)(H,20,21). The molecule has 2 aromatic carbocycles. The number of halogens is 1. The molecule has 1 atom stereocenters. The Morgan fingerprint density at radius 1 is 1.09 bits per heavy atom. The highest BCUT2D eigenvalue weighted by molar-refractivity contribution is 14.1. The number of rotatable bonds is 5. The molecule has 6 heteroatoms. The van der Waals surface area contributed by atoms with Crippen molar-refractivity contribution in [2.45, 2.75) is 13.0 Å². The predicted molar refractivity (Wildman–Crippen MR) is 91.3 cm³/mol. The van der Waals surface area contributed by atoms with E-state index in [0.717, 1.165) is 3.57 Å². The highest BCUT2D eigenvalue weighted by Gasteiger charge is 2.15. The molecule has 2 aromatic rings. The summed E-state index contributed by atoms with van der Waals surface area (Å²) in [7, 11) is 0. The van der Waals surface area contributed by atoms with Crippen LogP contribution in [-0.4, -0.2) is 23.1 Å². The lowest BCUT2D eigenvalue weighted by Gasteiger charge is -2.14. The number of carbonyl (C=O) groups is 2. The Bertz CT molecular complexity index is 668. The largest absolute Gasteiger partial charge is 0.481 e. The van der Waals surface area contributed by atoms with Gasteiger partial charge in [0.2, 0.25) is 0 Å². The summed E-state index contributed by atoms with van der Waals surface area (Å²) < 4.78 is 6.64. The van der Waals surface area contributed by atoms with Gasteiger partial charge in [0.15, 0.2) is 6.10 Å². The van der Waals surface area contributed by atoms with E-state index in [9.17, 15) is 9.59 Å². The molecule has 0 radical (unpaired) electrons. The minimum absolute atomic E-state index is 0.168. The second-order valence-electron chi connectivity index (χ2n) is 4.59. The fourth-order valence-electron chi connectivity index (χ4n) is 1.71. The Labute approximate surface area is 141 Å². The second-order valence-corrected chi connectivity index (χ2v) is 5.83. The van der Waals surface area contributed by atoms with Crippen LogP contribution in [0.15, 0.2) is 48.5 Å². The number of ether oxygens (including phenoxy) is 1. The first kappa shape index (κ1) is 16.3. The zero-order valence-corrected chi connectivity index (χ0v) is 13.9. The average molecular weight is 411 g/mol. The molecule has 1 unspecified atom stereocenters. The third kappa shape index (κ3) is 4.45. The van der Waals surface area contributed by atoms with Crippen molar-refractivity contribution in [3.63, 3.8) is 0 Å². The minimum Gasteiger partial charge on any atom is -0.481 e. The fraction of sp³-hybridized carbons (Fsp3) is 0.125. The SMILES string of the molecule is CC(Oc1ccc(I)cc1)C(=O)Nc1ccc(C(=O)O)cc1. The number of amides is 1. The van der Waals surface area contributed by atoms with E-state index in [0.29, 0.717) is 11.4 Å². The van der Waals surface area contributed by atoms with Gasteiger partial charge in [-0.1, -0.05) is 0 Å². The van der Waals surface area contributed by atoms with Gasteiger partial charge < -0.3 is 15.2 Å². The number of hydrogen-bond acceptors (Lipinski definition) is 3. The van der Waals surface area contributed by atoms with E-state index in [2.05, 4.69) is 27.9 Å². The number of carboxylic acids is 1. The Morgan fingerprint density at radius 3 is 2.23 bits per heavy atom. The number of benzene rings is 2. The van der Waals surface area contributed by atoms with Crippen molar-refractivity contribution < 1.29 is 19.4 Å². The van der Waals surface area contributed by atoms with Crippen molar-refractivity contribution in [2.75, 3.05) is 5.32 Å². The van der Waals surface area contributed by atoms with Gasteiger partial charge in [-0.25, -0.2) is 4.79 Å². The molecule has 2 rings (SSSR count). The first-order chi connectivity index (χ1) is 10.5. The normalized spacial score (nSPS) is 11.5. The number of hydrogen-bond donors (Lipinski definition) is 2. The Morgan fingerprint density at radius 2 is 1.68 bits per heavy atom. The van der Waals surface area contributed by atoms with Crippen LogP contribution in [0.4, 0.5) is 5.69 Å². The zero-order chi connectivity index (χ0) is 16.1. The van der Waals surface area contributed by atoms with Gasteiger partial charge in [0.05, 0.1) is 5.56 Å². The monoisotopic (exact) mass is 411 g/mol. The van der Waals surface area contributed by atoms with Gasteiger partial charge in [-0.05, 0) is 78.0 Å². The van der Waals surface area contributed by atoms with E-state index >= 15 is 0 Å². The lowest BCUT2D eigenvalue weighted by atomic mass is 10.2. The molecule has 0 saturated carbocycles. The Kier molecular flexibility index (Phi) is 5.37. The topological polar surface area (TPSA) is 75.6 Å². The van der Waals surface area contributed by atoms with Crippen LogP contribution in [0, 0.1) is 3.57 Å². The number of carboxylic acid groups (broad SMARTS) is 1. The van der Waals surface area contributed by atoms with Gasteiger partial charge in [-0.3, -0.25) is 4.79 Å². The molecule has 2 N–H and O–H groups in total. The van der Waals surface area contributed by atoms with E-state index in [1.807, 2.05) is 12.1 Å². The van der Waals surface area contributed by atoms with Gasteiger partial charge in [0.25, 0.3) is 5.91 Å². The number of nitrogens with one attached hydrogen (secondary N) is 1. The summed E-state index contributed by atoms with van der Waals surface area (Å²) in [4.78, 5) is 22.8. The van der Waals surface area contributed by atoms with Gasteiger partial charge in [0, 0.05) is 9.26 Å². The van der Waals surface area contributed by atoms with Gasteiger partial charge in [0.1, 0.15) is 5.75 Å². The Hall–Kier alpha value is -2.09. The van der Waals surface area contributed by atoms with Crippen molar-refractivity contribution in [1.82, 2.24) is 0 Å². The van der Waals surface area contributed by atoms with Crippen LogP contribution in [0.25, 0.3) is 0 Å². The smallest absolute Gasteiger partial charge is 0.335 e. The van der Waals surface area contributed by atoms with Crippen LogP contribution < -0.4 is 10.1 Å². The molecule has 5 nitrogen and oxygen atoms in total. The molecule has 114 valence electrons. The van der Waals surface area contributed by atoms with Crippen molar-refractivity contribution in [1.29, 1.82) is 0 Å². The molecule has 0 heterocycles. The molecule has 0 saturated heterocycles. The highest BCUT2D eigenvalue weighted by atomic mass is 127. The molecule has 0 fully saturated rings. The lowest BCUT2D eigenvalue weighted by molar-refractivity contribution is -0.122. The third-order valence-electron chi connectivity index (χ3n) is 2.90. The molecule has 0 aliphatic heterocycles. The first-order valence-electron chi connectivity index (χ1n) is 6.52. The molecular weight excluding hydrogens is 397 g/mol. The maximum absolute atomic E-state index is 12.0. The summed E-state index contributed by atoms with van der Waals surface area (Å²) in [5, 5.41) is 11.5. The van der Waals surface area contributed by atoms with Crippen molar-refractivity contribution in [2.24, 2.45) is 0 Å². The van der Waals surface area contributed by atoms with Gasteiger partial charge in [-0.2, -0.15) is 0 Å². The van der Waals surface area contributed by atoms with Crippen molar-refractivity contribution >= 4 is 40.2 Å². The van der Waals surface area contributed by atoms with Crippen molar-refractivity contribution in [3.05, 3.63) is 57.7 Å². The maximum atomic E-state index is 12.0. The summed E-state index contributed by atoms with van der Waals surface area (Å²) in [5.41, 5.74) is 0.689. The summed E-state index contributed by atoms with van der Waals surface area (Å²) >= 11 is 2.19. The molecule has 0 bridgehead atoms. The number of aromatic carboxylic acids is 1. The molecular formula is C16H14INO4. The number of carbonyl (C=O) groups excluding carboxylic acids is 1. The molecule has 22 heavy (non-hydrogen) atoms. The highest BCUT2D eigenvalue weighted by Crippen LogP contribution is 2.16.